The van der Waals surface area contributed by atoms with E-state index in [1.165, 1.54) is 37.0 Å². The van der Waals surface area contributed by atoms with Crippen molar-refractivity contribution in [2.24, 2.45) is 4.99 Å². The number of nitrogens with one attached hydrogen (secondary N) is 2. The number of thiophene rings is 1. The van der Waals surface area contributed by atoms with Gasteiger partial charge in [0.25, 0.3) is 0 Å². The van der Waals surface area contributed by atoms with Crippen LogP contribution in [0, 0.1) is 0 Å². The molecule has 2 fully saturated rings. The maximum Gasteiger partial charge on any atom is 0.191 e. The number of halogens is 1. The van der Waals surface area contributed by atoms with Crippen LogP contribution in [0.5, 0.6) is 0 Å². The Morgan fingerprint density at radius 3 is 2.68 bits per heavy atom. The summed E-state index contributed by atoms with van der Waals surface area (Å²) in [5.74, 6) is 0.973. The van der Waals surface area contributed by atoms with Crippen molar-refractivity contribution in [3.63, 3.8) is 0 Å². The second-order valence-electron chi connectivity index (χ2n) is 8.29. The molecule has 1 atom stereocenters. The smallest absolute Gasteiger partial charge is 0.191 e. The maximum absolute atomic E-state index is 5.06. The molecule has 1 aromatic rings. The summed E-state index contributed by atoms with van der Waals surface area (Å²) < 4.78 is 0. The molecular weight excluding hydrogens is 481 g/mol. The quantitative estimate of drug-likeness (QED) is 0.344. The molecule has 5 nitrogen and oxygen atoms in total. The number of guanidine groups is 1. The molecule has 1 aliphatic heterocycles. The topological polar surface area (TPSA) is 42.9 Å². The molecule has 1 unspecified atom stereocenters. The van der Waals surface area contributed by atoms with Crippen LogP contribution in [-0.2, 0) is 5.41 Å². The molecule has 0 amide bonds. The van der Waals surface area contributed by atoms with Crippen LogP contribution in [-0.4, -0.2) is 75.2 Å². The first kappa shape index (κ1) is 23.9. The van der Waals surface area contributed by atoms with Crippen molar-refractivity contribution in [2.75, 3.05) is 53.4 Å². The average Bonchev–Trinajstić information content (AvgIpc) is 3.23. The number of nitrogens with zero attached hydrogens (tertiary/aromatic N) is 3. The first-order valence-electron chi connectivity index (χ1n) is 10.6. The predicted octanol–water partition coefficient (Wildman–Crippen LogP) is 3.37. The van der Waals surface area contributed by atoms with E-state index < -0.39 is 0 Å². The number of hydrogen-bond donors (Lipinski definition) is 2. The average molecular weight is 520 g/mol. The summed E-state index contributed by atoms with van der Waals surface area (Å²) in [6.45, 7) is 8.29. The molecule has 1 saturated carbocycles. The van der Waals surface area contributed by atoms with Gasteiger partial charge in [0.05, 0.1) is 6.54 Å². The number of rotatable bonds is 6. The molecule has 0 radical (unpaired) electrons. The number of hydrogen-bond acceptors (Lipinski definition) is 4. The van der Waals surface area contributed by atoms with Gasteiger partial charge in [-0.05, 0) is 45.3 Å². The Bertz CT molecular complexity index is 586. The van der Waals surface area contributed by atoms with Gasteiger partial charge in [-0.15, -0.1) is 35.3 Å². The number of piperazine rings is 1. The Kier molecular flexibility index (Phi) is 10.00. The predicted molar refractivity (Wildman–Crippen MR) is 132 cm³/mol. The first-order chi connectivity index (χ1) is 13.1. The van der Waals surface area contributed by atoms with E-state index in [4.69, 9.17) is 4.99 Å². The third kappa shape index (κ3) is 6.31. The molecule has 0 bridgehead atoms. The van der Waals surface area contributed by atoms with Crippen LogP contribution in [0.2, 0.25) is 0 Å². The zero-order valence-corrected chi connectivity index (χ0v) is 20.9. The molecule has 2 N–H and O–H groups in total. The van der Waals surface area contributed by atoms with Crippen molar-refractivity contribution in [3.05, 3.63) is 22.4 Å². The molecule has 2 aliphatic rings. The molecule has 1 aliphatic carbocycles. The van der Waals surface area contributed by atoms with Crippen LogP contribution in [0.25, 0.3) is 0 Å². The first-order valence-corrected chi connectivity index (χ1v) is 11.5. The summed E-state index contributed by atoms with van der Waals surface area (Å²) in [7, 11) is 4.45. The van der Waals surface area contributed by atoms with E-state index in [-0.39, 0.29) is 29.4 Å². The summed E-state index contributed by atoms with van der Waals surface area (Å²) in [6.07, 6.45) is 6.57. The zero-order valence-electron chi connectivity index (χ0n) is 17.7. The third-order valence-corrected chi connectivity index (χ3v) is 7.34. The summed E-state index contributed by atoms with van der Waals surface area (Å²) in [4.78, 5) is 11.5. The van der Waals surface area contributed by atoms with Crippen LogP contribution in [0.1, 0.15) is 43.9 Å². The van der Waals surface area contributed by atoms with Gasteiger partial charge in [0.2, 0.25) is 0 Å². The van der Waals surface area contributed by atoms with Gasteiger partial charge in [0.1, 0.15) is 0 Å². The van der Waals surface area contributed by atoms with Gasteiger partial charge in [-0.2, -0.15) is 0 Å². The van der Waals surface area contributed by atoms with E-state index in [0.717, 1.165) is 45.2 Å². The lowest BCUT2D eigenvalue weighted by Gasteiger charge is -2.38. The van der Waals surface area contributed by atoms with Crippen LogP contribution in [0.15, 0.2) is 22.5 Å². The van der Waals surface area contributed by atoms with Crippen molar-refractivity contribution < 1.29 is 0 Å². The minimum atomic E-state index is 0. The molecule has 28 heavy (non-hydrogen) atoms. The molecule has 160 valence electrons. The zero-order chi connectivity index (χ0) is 19.1. The molecule has 7 heteroatoms. The summed E-state index contributed by atoms with van der Waals surface area (Å²) >= 11 is 1.91. The van der Waals surface area contributed by atoms with Gasteiger partial charge in [-0.25, -0.2) is 0 Å². The summed E-state index contributed by atoms with van der Waals surface area (Å²) in [5, 5.41) is 9.29. The highest BCUT2D eigenvalue weighted by Gasteiger charge is 2.34. The number of likely N-dealkylation sites (N-methyl/N-ethyl adjacent to an activating group) is 2. The van der Waals surface area contributed by atoms with Crippen molar-refractivity contribution in [3.8, 4) is 0 Å². The van der Waals surface area contributed by atoms with Gasteiger partial charge >= 0.3 is 0 Å². The Morgan fingerprint density at radius 2 is 2.00 bits per heavy atom. The fraction of sp³-hybridized carbons (Fsp3) is 0.762. The summed E-state index contributed by atoms with van der Waals surface area (Å²) in [6, 6.07) is 5.05. The standard InChI is InChI=1S/C21H37N5S.HI/c1-4-22-20(23-15-18-16-25(2)12-13-26(18)3)24-17-21(10-6-5-7-11-21)19-9-8-14-27-19;/h8-9,14,18H,4-7,10-13,15-17H2,1-3H3,(H2,22,23,24);1H. The molecular formula is C21H38IN5S. The fourth-order valence-electron chi connectivity index (χ4n) is 4.40. The van der Waals surface area contributed by atoms with E-state index in [9.17, 15) is 0 Å². The van der Waals surface area contributed by atoms with E-state index in [1.807, 2.05) is 11.3 Å². The lowest BCUT2D eigenvalue weighted by Crippen LogP contribution is -2.55. The molecule has 1 saturated heterocycles. The van der Waals surface area contributed by atoms with Gasteiger partial charge in [0, 0.05) is 49.1 Å². The number of aliphatic imine (C=N–C) groups is 1. The normalized spacial score (nSPS) is 23.8. The van der Waals surface area contributed by atoms with Crippen LogP contribution in [0.3, 0.4) is 0 Å². The minimum absolute atomic E-state index is 0. The Hall–Kier alpha value is -0.380. The Balaban J connectivity index is 0.00000280. The van der Waals surface area contributed by atoms with Crippen molar-refractivity contribution >= 4 is 41.3 Å². The molecule has 1 aromatic heterocycles. The van der Waals surface area contributed by atoms with Crippen LogP contribution in [0.4, 0.5) is 0 Å². The monoisotopic (exact) mass is 519 g/mol. The largest absolute Gasteiger partial charge is 0.357 e. The SMILES string of the molecule is CCNC(=NCC1(c2cccs2)CCCCC1)NCC1CN(C)CCN1C.I. The highest BCUT2D eigenvalue weighted by Crippen LogP contribution is 2.41. The van der Waals surface area contributed by atoms with Crippen LogP contribution < -0.4 is 10.6 Å². The van der Waals surface area contributed by atoms with Gasteiger partial charge in [-0.1, -0.05) is 25.3 Å². The van der Waals surface area contributed by atoms with Crippen molar-refractivity contribution in [2.45, 2.75) is 50.5 Å². The van der Waals surface area contributed by atoms with Gasteiger partial charge < -0.3 is 15.5 Å². The lowest BCUT2D eigenvalue weighted by molar-refractivity contribution is 0.116. The molecule has 3 rings (SSSR count). The Labute approximate surface area is 192 Å². The van der Waals surface area contributed by atoms with Gasteiger partial charge in [-0.3, -0.25) is 9.89 Å². The van der Waals surface area contributed by atoms with Crippen LogP contribution >= 0.6 is 35.3 Å². The highest BCUT2D eigenvalue weighted by atomic mass is 127. The molecule has 2 heterocycles. The lowest BCUT2D eigenvalue weighted by atomic mass is 9.73. The van der Waals surface area contributed by atoms with Crippen molar-refractivity contribution in [1.82, 2.24) is 20.4 Å². The van der Waals surface area contributed by atoms with E-state index in [0.29, 0.717) is 6.04 Å². The van der Waals surface area contributed by atoms with E-state index in [2.05, 4.69) is 59.0 Å². The second kappa shape index (κ2) is 11.7. The van der Waals surface area contributed by atoms with E-state index in [1.54, 1.807) is 0 Å². The maximum atomic E-state index is 5.06. The Morgan fingerprint density at radius 1 is 1.21 bits per heavy atom. The minimum Gasteiger partial charge on any atom is -0.357 e. The van der Waals surface area contributed by atoms with E-state index >= 15 is 0 Å². The summed E-state index contributed by atoms with van der Waals surface area (Å²) in [5.41, 5.74) is 0.247. The fourth-order valence-corrected chi connectivity index (χ4v) is 5.38. The molecule has 0 aromatic carbocycles. The van der Waals surface area contributed by atoms with Gasteiger partial charge in [0.15, 0.2) is 5.96 Å². The second-order valence-corrected chi connectivity index (χ2v) is 9.24. The molecule has 0 spiro atoms. The highest BCUT2D eigenvalue weighted by molar-refractivity contribution is 14.0. The third-order valence-electron chi connectivity index (χ3n) is 6.22. The van der Waals surface area contributed by atoms with Crippen molar-refractivity contribution in [1.29, 1.82) is 0 Å².